The van der Waals surface area contributed by atoms with Crippen LogP contribution in [0.4, 0.5) is 0 Å². The van der Waals surface area contributed by atoms with Crippen LogP contribution in [0, 0.1) is 0 Å². The average Bonchev–Trinajstić information content (AvgIpc) is 2.08. The van der Waals surface area contributed by atoms with Gasteiger partial charge in [-0.15, -0.1) is 0 Å². The first-order valence-electron chi connectivity index (χ1n) is 4.24. The highest BCUT2D eigenvalue weighted by Crippen LogP contribution is 2.25. The van der Waals surface area contributed by atoms with Crippen LogP contribution in [0.25, 0.3) is 0 Å². The molecule has 86 valence electrons. The highest BCUT2D eigenvalue weighted by atomic mass is 31.2. The van der Waals surface area contributed by atoms with Crippen molar-refractivity contribution >= 4 is 17.2 Å². The smallest absolute Gasteiger partial charge is 0.327 e. The number of hydrogen-bond acceptors (Lipinski definition) is 6. The molecule has 0 aromatic carbocycles. The first-order chi connectivity index (χ1) is 6.63. The van der Waals surface area contributed by atoms with Gasteiger partial charge in [0.25, 0.3) is 0 Å². The van der Waals surface area contributed by atoms with Crippen molar-refractivity contribution in [2.75, 3.05) is 13.2 Å². The summed E-state index contributed by atoms with van der Waals surface area (Å²) in [5.74, 6) is 0. The molecule has 0 radical (unpaired) electrons. The van der Waals surface area contributed by atoms with Crippen molar-refractivity contribution in [3.63, 3.8) is 0 Å². The number of hydrogen-bond donors (Lipinski definition) is 4. The summed E-state index contributed by atoms with van der Waals surface area (Å²) >= 11 is 0. The van der Waals surface area contributed by atoms with Crippen molar-refractivity contribution in [2.45, 2.75) is 25.7 Å². The Labute approximate surface area is 85.5 Å². The van der Waals surface area contributed by atoms with Crippen LogP contribution in [0.3, 0.4) is 0 Å². The van der Waals surface area contributed by atoms with Gasteiger partial charge in [-0.3, -0.25) is 0 Å². The van der Waals surface area contributed by atoms with E-state index in [2.05, 4.69) is 9.05 Å². The molecule has 0 amide bonds. The van der Waals surface area contributed by atoms with E-state index in [-0.39, 0.29) is 0 Å². The van der Waals surface area contributed by atoms with Gasteiger partial charge in [0.2, 0.25) is 0 Å². The number of unbranched alkanes of at least 4 members (excludes halogenated alkanes) is 3. The molecule has 0 aliphatic rings. The maximum absolute atomic E-state index is 8.38. The van der Waals surface area contributed by atoms with E-state index in [9.17, 15) is 0 Å². The Bertz CT molecular complexity index is 109. The van der Waals surface area contributed by atoms with E-state index in [1.807, 2.05) is 0 Å². The molecule has 0 saturated heterocycles. The summed E-state index contributed by atoms with van der Waals surface area (Å²) < 4.78 is 9.11. The van der Waals surface area contributed by atoms with Gasteiger partial charge in [-0.05, 0) is 12.8 Å². The standard InChI is InChI=1S/C6H16O6P2/c7-13(8)11-5-3-1-2-4-6-12-14(9)10/h7-10H,1-6H2. The predicted molar refractivity (Wildman–Crippen MR) is 53.1 cm³/mol. The number of rotatable bonds is 9. The summed E-state index contributed by atoms with van der Waals surface area (Å²) in [4.78, 5) is 33.5. The van der Waals surface area contributed by atoms with Gasteiger partial charge in [0, 0.05) is 0 Å². The van der Waals surface area contributed by atoms with Crippen LogP contribution >= 0.6 is 17.2 Å². The molecular formula is C6H16O6P2. The Morgan fingerprint density at radius 2 is 1.00 bits per heavy atom. The van der Waals surface area contributed by atoms with E-state index >= 15 is 0 Å². The van der Waals surface area contributed by atoms with Crippen LogP contribution in [0.15, 0.2) is 0 Å². The maximum atomic E-state index is 8.38. The molecule has 0 heterocycles. The van der Waals surface area contributed by atoms with E-state index in [0.29, 0.717) is 13.2 Å². The lowest BCUT2D eigenvalue weighted by Gasteiger charge is -2.04. The first kappa shape index (κ1) is 14.6. The van der Waals surface area contributed by atoms with E-state index in [1.54, 1.807) is 0 Å². The van der Waals surface area contributed by atoms with Crippen molar-refractivity contribution in [1.82, 2.24) is 0 Å². The summed E-state index contributed by atoms with van der Waals surface area (Å²) in [5, 5.41) is 0. The van der Waals surface area contributed by atoms with Crippen molar-refractivity contribution in [2.24, 2.45) is 0 Å². The van der Waals surface area contributed by atoms with Crippen LogP contribution in [-0.2, 0) is 9.05 Å². The van der Waals surface area contributed by atoms with Crippen LogP contribution in [0.1, 0.15) is 25.7 Å². The maximum Gasteiger partial charge on any atom is 0.327 e. The molecule has 0 aromatic heterocycles. The molecule has 0 aliphatic carbocycles. The zero-order valence-corrected chi connectivity index (χ0v) is 9.53. The highest BCUT2D eigenvalue weighted by Gasteiger charge is 1.99. The fourth-order valence-electron chi connectivity index (χ4n) is 0.850. The minimum Gasteiger partial charge on any atom is -0.328 e. The minimum absolute atomic E-state index is 0.340. The summed E-state index contributed by atoms with van der Waals surface area (Å²) in [5.41, 5.74) is 0. The molecule has 0 atom stereocenters. The van der Waals surface area contributed by atoms with Crippen LogP contribution < -0.4 is 0 Å². The molecule has 0 fully saturated rings. The summed E-state index contributed by atoms with van der Waals surface area (Å²) in [6.07, 6.45) is 3.29. The van der Waals surface area contributed by atoms with Gasteiger partial charge in [-0.2, -0.15) is 0 Å². The van der Waals surface area contributed by atoms with E-state index in [1.165, 1.54) is 0 Å². The molecule has 14 heavy (non-hydrogen) atoms. The van der Waals surface area contributed by atoms with Crippen LogP contribution in [-0.4, -0.2) is 32.8 Å². The Morgan fingerprint density at radius 1 is 0.643 bits per heavy atom. The van der Waals surface area contributed by atoms with Gasteiger partial charge in [0.15, 0.2) is 0 Å². The molecule has 8 heteroatoms. The normalized spacial score (nSPS) is 11.6. The van der Waals surface area contributed by atoms with Crippen LogP contribution in [0.2, 0.25) is 0 Å². The molecule has 0 bridgehead atoms. The Kier molecular flexibility index (Phi) is 10.6. The van der Waals surface area contributed by atoms with Gasteiger partial charge >= 0.3 is 17.2 Å². The SMILES string of the molecule is OP(O)OCCCCCCOP(O)O. The Balaban J connectivity index is 2.92. The third kappa shape index (κ3) is 12.6. The van der Waals surface area contributed by atoms with E-state index < -0.39 is 17.2 Å². The molecule has 4 N–H and O–H groups in total. The molecular weight excluding hydrogens is 230 g/mol. The first-order valence-corrected chi connectivity index (χ1v) is 6.57. The molecule has 0 unspecified atom stereocenters. The summed E-state index contributed by atoms with van der Waals surface area (Å²) in [7, 11) is -4.45. The monoisotopic (exact) mass is 246 g/mol. The van der Waals surface area contributed by atoms with Gasteiger partial charge < -0.3 is 28.6 Å². The molecule has 0 aliphatic heterocycles. The fourth-order valence-corrected chi connectivity index (χ4v) is 1.43. The second-order valence-corrected chi connectivity index (χ2v) is 4.11. The highest BCUT2D eigenvalue weighted by molar-refractivity contribution is 7.39. The van der Waals surface area contributed by atoms with Crippen molar-refractivity contribution in [1.29, 1.82) is 0 Å². The van der Waals surface area contributed by atoms with Gasteiger partial charge in [-0.1, -0.05) is 12.8 Å². The summed E-state index contributed by atoms with van der Waals surface area (Å²) in [6.45, 7) is 0.679. The molecule has 6 nitrogen and oxygen atoms in total. The largest absolute Gasteiger partial charge is 0.328 e. The fraction of sp³-hybridized carbons (Fsp3) is 1.00. The van der Waals surface area contributed by atoms with Crippen molar-refractivity contribution in [3.8, 4) is 0 Å². The second-order valence-electron chi connectivity index (χ2n) is 2.59. The van der Waals surface area contributed by atoms with Crippen molar-refractivity contribution in [3.05, 3.63) is 0 Å². The predicted octanol–water partition coefficient (Wildman–Crippen LogP) is 1.00. The van der Waals surface area contributed by atoms with E-state index in [4.69, 9.17) is 19.6 Å². The van der Waals surface area contributed by atoms with E-state index in [0.717, 1.165) is 25.7 Å². The Morgan fingerprint density at radius 3 is 1.29 bits per heavy atom. The third-order valence-corrected chi connectivity index (χ3v) is 2.28. The molecule has 0 spiro atoms. The van der Waals surface area contributed by atoms with Crippen molar-refractivity contribution < 1.29 is 28.6 Å². The van der Waals surface area contributed by atoms with Crippen LogP contribution in [0.5, 0.6) is 0 Å². The lowest BCUT2D eigenvalue weighted by molar-refractivity contribution is 0.237. The molecule has 0 rings (SSSR count). The second kappa shape index (κ2) is 10.1. The molecule has 0 aromatic rings. The average molecular weight is 246 g/mol. The Hall–Kier alpha value is 0.620. The quantitative estimate of drug-likeness (QED) is 0.358. The van der Waals surface area contributed by atoms with Gasteiger partial charge in [-0.25, -0.2) is 0 Å². The molecule has 0 saturated carbocycles. The lowest BCUT2D eigenvalue weighted by atomic mass is 10.2. The zero-order valence-electron chi connectivity index (χ0n) is 7.74. The van der Waals surface area contributed by atoms with Gasteiger partial charge in [0.05, 0.1) is 13.2 Å². The zero-order chi connectivity index (χ0) is 10.8. The third-order valence-electron chi connectivity index (χ3n) is 1.45. The topological polar surface area (TPSA) is 99.4 Å². The van der Waals surface area contributed by atoms with Gasteiger partial charge in [0.1, 0.15) is 0 Å². The lowest BCUT2D eigenvalue weighted by Crippen LogP contribution is -1.92. The minimum atomic E-state index is -2.22. The summed E-state index contributed by atoms with van der Waals surface area (Å²) in [6, 6.07) is 0.